The van der Waals surface area contributed by atoms with Crippen molar-refractivity contribution < 1.29 is 14.7 Å². The second kappa shape index (κ2) is 5.80. The van der Waals surface area contributed by atoms with Gasteiger partial charge in [0, 0.05) is 0 Å². The number of aromatic carboxylic acids is 1. The topological polar surface area (TPSA) is 80.4 Å². The zero-order valence-corrected chi connectivity index (χ0v) is 9.07. The molecule has 0 aromatic heterocycles. The maximum atomic E-state index is 10.8. The molecule has 1 rings (SSSR count). The molecule has 1 aromatic rings. The number of carboxylic acid groups (broad SMARTS) is 1. The van der Waals surface area contributed by atoms with Crippen molar-refractivity contribution in [3.05, 3.63) is 34.4 Å². The summed E-state index contributed by atoms with van der Waals surface area (Å²) in [5.74, 6) is -0.843. The van der Waals surface area contributed by atoms with E-state index < -0.39 is 5.97 Å². The largest absolute Gasteiger partial charge is 0.478 e. The molecule has 0 fully saturated rings. The average Bonchev–Trinajstić information content (AvgIpc) is 2.01. The van der Waals surface area contributed by atoms with Crippen molar-refractivity contribution in [3.63, 3.8) is 0 Å². The van der Waals surface area contributed by atoms with E-state index >= 15 is 0 Å². The Morgan fingerprint density at radius 3 is 1.87 bits per heavy atom. The maximum absolute atomic E-state index is 10.8. The molecule has 0 aliphatic carbocycles. The number of carbonyl (C=O) groups is 2. The number of carbonyl (C=O) groups excluding carboxylic acids is 1. The summed E-state index contributed by atoms with van der Waals surface area (Å²) >= 11 is 0. The van der Waals surface area contributed by atoms with Crippen molar-refractivity contribution >= 4 is 12.4 Å². The quantitative estimate of drug-likeness (QED) is 0.686. The normalized spacial score (nSPS) is 8.73. The summed E-state index contributed by atoms with van der Waals surface area (Å²) in [7, 11) is 0. The van der Waals surface area contributed by atoms with Crippen LogP contribution < -0.4 is 5.73 Å². The van der Waals surface area contributed by atoms with Crippen molar-refractivity contribution in [1.29, 1.82) is 0 Å². The van der Waals surface area contributed by atoms with Crippen LogP contribution in [0.1, 0.15) is 27.0 Å². The second-order valence-corrected chi connectivity index (χ2v) is 3.21. The van der Waals surface area contributed by atoms with Crippen LogP contribution in [0, 0.1) is 20.8 Å². The number of hydrogen-bond donors (Lipinski definition) is 2. The molecule has 4 nitrogen and oxygen atoms in total. The van der Waals surface area contributed by atoms with Crippen molar-refractivity contribution in [3.8, 4) is 0 Å². The third-order valence-corrected chi connectivity index (χ3v) is 1.89. The van der Waals surface area contributed by atoms with Gasteiger partial charge in [0.05, 0.1) is 5.56 Å². The van der Waals surface area contributed by atoms with E-state index in [0.717, 1.165) is 16.7 Å². The summed E-state index contributed by atoms with van der Waals surface area (Å²) in [4.78, 5) is 19.3. The molecular weight excluding hydrogens is 194 g/mol. The molecule has 0 heterocycles. The molecule has 0 unspecified atom stereocenters. The lowest BCUT2D eigenvalue weighted by molar-refractivity contribution is -0.106. The van der Waals surface area contributed by atoms with Gasteiger partial charge in [0.2, 0.25) is 6.41 Å². The Morgan fingerprint density at radius 2 is 1.60 bits per heavy atom. The Hall–Kier alpha value is -1.84. The number of carboxylic acids is 1. The van der Waals surface area contributed by atoms with E-state index in [-0.39, 0.29) is 6.41 Å². The first-order valence-electron chi connectivity index (χ1n) is 4.40. The highest BCUT2D eigenvalue weighted by atomic mass is 16.4. The highest BCUT2D eigenvalue weighted by Crippen LogP contribution is 2.15. The van der Waals surface area contributed by atoms with Crippen LogP contribution in [0.4, 0.5) is 0 Å². The van der Waals surface area contributed by atoms with Crippen LogP contribution >= 0.6 is 0 Å². The van der Waals surface area contributed by atoms with Crippen LogP contribution in [0.2, 0.25) is 0 Å². The first kappa shape index (κ1) is 13.2. The number of aryl methyl sites for hydroxylation is 3. The predicted octanol–water partition coefficient (Wildman–Crippen LogP) is 1.41. The second-order valence-electron chi connectivity index (χ2n) is 3.21. The van der Waals surface area contributed by atoms with Gasteiger partial charge in [-0.3, -0.25) is 4.79 Å². The highest BCUT2D eigenvalue weighted by Gasteiger charge is 2.09. The van der Waals surface area contributed by atoms with Gasteiger partial charge < -0.3 is 10.8 Å². The van der Waals surface area contributed by atoms with Crippen LogP contribution in [0.5, 0.6) is 0 Å². The van der Waals surface area contributed by atoms with Gasteiger partial charge in [0.1, 0.15) is 0 Å². The van der Waals surface area contributed by atoms with E-state index in [1.165, 1.54) is 0 Å². The van der Waals surface area contributed by atoms with Gasteiger partial charge in [-0.15, -0.1) is 0 Å². The van der Waals surface area contributed by atoms with Crippen LogP contribution in [0.15, 0.2) is 12.1 Å². The van der Waals surface area contributed by atoms with E-state index in [4.69, 9.17) is 9.90 Å². The number of amides is 1. The molecule has 4 heteroatoms. The maximum Gasteiger partial charge on any atom is 0.336 e. The minimum Gasteiger partial charge on any atom is -0.478 e. The van der Waals surface area contributed by atoms with Crippen LogP contribution in [-0.2, 0) is 4.79 Å². The number of benzene rings is 1. The summed E-state index contributed by atoms with van der Waals surface area (Å²) in [6, 6.07) is 3.77. The van der Waals surface area contributed by atoms with E-state index in [0.29, 0.717) is 5.56 Å². The smallest absolute Gasteiger partial charge is 0.336 e. The summed E-state index contributed by atoms with van der Waals surface area (Å²) < 4.78 is 0. The molecule has 0 radical (unpaired) electrons. The monoisotopic (exact) mass is 209 g/mol. The van der Waals surface area contributed by atoms with Gasteiger partial charge in [-0.1, -0.05) is 17.7 Å². The minimum absolute atomic E-state index is 0.250. The predicted molar refractivity (Wildman–Crippen MR) is 57.9 cm³/mol. The molecule has 0 aliphatic heterocycles. The van der Waals surface area contributed by atoms with Crippen LogP contribution in [0.3, 0.4) is 0 Å². The van der Waals surface area contributed by atoms with Crippen molar-refractivity contribution in [2.45, 2.75) is 20.8 Å². The Labute approximate surface area is 88.7 Å². The average molecular weight is 209 g/mol. The molecule has 0 bridgehead atoms. The minimum atomic E-state index is -0.843. The fourth-order valence-corrected chi connectivity index (χ4v) is 1.52. The summed E-state index contributed by atoms with van der Waals surface area (Å²) in [5, 5.41) is 8.84. The third kappa shape index (κ3) is 3.81. The highest BCUT2D eigenvalue weighted by molar-refractivity contribution is 5.91. The molecule has 1 amide bonds. The first-order valence-corrected chi connectivity index (χ1v) is 4.40. The molecule has 1 aromatic carbocycles. The van der Waals surface area contributed by atoms with Gasteiger partial charge in [0.15, 0.2) is 0 Å². The first-order chi connectivity index (χ1) is 6.93. The fourth-order valence-electron chi connectivity index (χ4n) is 1.52. The summed E-state index contributed by atoms with van der Waals surface area (Å²) in [6.07, 6.45) is 0.250. The van der Waals surface area contributed by atoms with Crippen LogP contribution in [-0.4, -0.2) is 17.5 Å². The van der Waals surface area contributed by atoms with Crippen molar-refractivity contribution in [2.24, 2.45) is 5.73 Å². The van der Waals surface area contributed by atoms with Gasteiger partial charge in [-0.05, 0) is 31.9 Å². The molecule has 3 N–H and O–H groups in total. The number of nitrogens with two attached hydrogens (primary N) is 1. The number of hydrogen-bond acceptors (Lipinski definition) is 2. The van der Waals surface area contributed by atoms with Gasteiger partial charge in [0.25, 0.3) is 0 Å². The van der Waals surface area contributed by atoms with E-state index in [2.05, 4.69) is 5.73 Å². The van der Waals surface area contributed by atoms with Gasteiger partial charge in [-0.25, -0.2) is 4.79 Å². The Kier molecular flexibility index (Phi) is 5.09. The molecule has 82 valence electrons. The molecule has 15 heavy (non-hydrogen) atoms. The third-order valence-electron chi connectivity index (χ3n) is 1.89. The van der Waals surface area contributed by atoms with Gasteiger partial charge in [-0.2, -0.15) is 0 Å². The lowest BCUT2D eigenvalue weighted by Gasteiger charge is -2.05. The Morgan fingerprint density at radius 1 is 1.27 bits per heavy atom. The standard InChI is InChI=1S/C10H12O2.CH3NO/c1-6-4-7(2)9(10(11)12)8(3)5-6;2-1-3/h4-5H,1-3H3,(H,11,12);1H,(H2,2,3). The molecule has 0 aliphatic rings. The number of primary amides is 1. The van der Waals surface area contributed by atoms with E-state index in [1.54, 1.807) is 0 Å². The lowest BCUT2D eigenvalue weighted by atomic mass is 10.0. The molecular formula is C11H15NO3. The molecule has 0 saturated carbocycles. The molecule has 0 spiro atoms. The SMILES string of the molecule is Cc1cc(C)c(C(=O)O)c(C)c1.NC=O. The molecule has 0 saturated heterocycles. The van der Waals surface area contributed by atoms with Crippen molar-refractivity contribution in [2.75, 3.05) is 0 Å². The lowest BCUT2D eigenvalue weighted by Crippen LogP contribution is -2.03. The fraction of sp³-hybridized carbons (Fsp3) is 0.273. The molecule has 0 atom stereocenters. The Balaban J connectivity index is 0.000000583. The van der Waals surface area contributed by atoms with Crippen LogP contribution in [0.25, 0.3) is 0 Å². The van der Waals surface area contributed by atoms with Crippen molar-refractivity contribution in [1.82, 2.24) is 0 Å². The number of rotatable bonds is 1. The summed E-state index contributed by atoms with van der Waals surface area (Å²) in [6.45, 7) is 5.61. The zero-order chi connectivity index (χ0) is 12.0. The van der Waals surface area contributed by atoms with Gasteiger partial charge >= 0.3 is 5.97 Å². The Bertz CT molecular complexity index is 349. The summed E-state index contributed by atoms with van der Waals surface area (Å²) in [5.41, 5.74) is 7.37. The van der Waals surface area contributed by atoms with E-state index in [1.807, 2.05) is 32.9 Å². The zero-order valence-electron chi connectivity index (χ0n) is 9.07. The van der Waals surface area contributed by atoms with E-state index in [9.17, 15) is 4.79 Å².